The van der Waals surface area contributed by atoms with Crippen LogP contribution in [0.3, 0.4) is 0 Å². The van der Waals surface area contributed by atoms with Crippen molar-refractivity contribution >= 4 is 39.0 Å². The van der Waals surface area contributed by atoms with Crippen LogP contribution in [0.4, 0.5) is 17.5 Å². The Morgan fingerprint density at radius 3 is 2.60 bits per heavy atom. The summed E-state index contributed by atoms with van der Waals surface area (Å²) in [5.74, 6) is 2.52. The maximum atomic E-state index is 5.25. The fourth-order valence-corrected chi connectivity index (χ4v) is 4.18. The fraction of sp³-hybridized carbons (Fsp3) is 0.368. The van der Waals surface area contributed by atoms with Crippen LogP contribution in [0, 0.1) is 0 Å². The van der Waals surface area contributed by atoms with Crippen LogP contribution in [0.15, 0.2) is 35.7 Å². The molecule has 25 heavy (non-hydrogen) atoms. The van der Waals surface area contributed by atoms with Crippen LogP contribution in [-0.2, 0) is 0 Å². The molecule has 0 aliphatic heterocycles. The Kier molecular flexibility index (Phi) is 4.44. The number of aromatic nitrogens is 2. The smallest absolute Gasteiger partial charge is 0.225 e. The second kappa shape index (κ2) is 6.88. The first-order valence-corrected chi connectivity index (χ1v) is 9.52. The van der Waals surface area contributed by atoms with E-state index in [0.29, 0.717) is 6.04 Å². The summed E-state index contributed by atoms with van der Waals surface area (Å²) in [6, 6.07) is 10.6. The van der Waals surface area contributed by atoms with Crippen LogP contribution in [0.25, 0.3) is 10.2 Å². The molecule has 2 aromatic heterocycles. The standard InChI is InChI=1S/C19H22N4OS/c1-23(14-7-9-15(24-2)10-8-14)18-17-16(11-12-25-17)21-19(22-18)20-13-5-3-4-6-13/h7-13H,3-6H2,1-2H3,(H,20,21,22). The molecule has 2 heterocycles. The van der Waals surface area contributed by atoms with Crippen LogP contribution in [0.5, 0.6) is 5.75 Å². The Balaban J connectivity index is 1.69. The summed E-state index contributed by atoms with van der Waals surface area (Å²) >= 11 is 1.68. The zero-order valence-corrected chi connectivity index (χ0v) is 15.3. The van der Waals surface area contributed by atoms with Crippen molar-refractivity contribution in [2.24, 2.45) is 0 Å². The Labute approximate surface area is 151 Å². The van der Waals surface area contributed by atoms with Crippen molar-refractivity contribution in [3.05, 3.63) is 35.7 Å². The highest BCUT2D eigenvalue weighted by Gasteiger charge is 2.19. The van der Waals surface area contributed by atoms with Gasteiger partial charge in [-0.15, -0.1) is 11.3 Å². The molecule has 0 spiro atoms. The SMILES string of the molecule is COc1ccc(N(C)c2nc(NC3CCCC3)nc3ccsc23)cc1. The van der Waals surface area contributed by atoms with Gasteiger partial charge in [-0.3, -0.25) is 0 Å². The monoisotopic (exact) mass is 354 g/mol. The van der Waals surface area contributed by atoms with Crippen LogP contribution in [0.1, 0.15) is 25.7 Å². The molecule has 1 aromatic carbocycles. The highest BCUT2D eigenvalue weighted by Crippen LogP contribution is 2.34. The predicted octanol–water partition coefficient (Wildman–Crippen LogP) is 4.82. The van der Waals surface area contributed by atoms with Gasteiger partial charge in [-0.1, -0.05) is 12.8 Å². The van der Waals surface area contributed by atoms with Gasteiger partial charge in [-0.2, -0.15) is 4.98 Å². The maximum absolute atomic E-state index is 5.25. The third-order valence-electron chi connectivity index (χ3n) is 4.75. The van der Waals surface area contributed by atoms with Gasteiger partial charge in [0.25, 0.3) is 0 Å². The van der Waals surface area contributed by atoms with Crippen molar-refractivity contribution in [1.82, 2.24) is 9.97 Å². The lowest BCUT2D eigenvalue weighted by Gasteiger charge is -2.21. The predicted molar refractivity (Wildman–Crippen MR) is 104 cm³/mol. The molecule has 1 fully saturated rings. The number of methoxy groups -OCH3 is 1. The first-order chi connectivity index (χ1) is 12.2. The second-order valence-corrected chi connectivity index (χ2v) is 7.30. The van der Waals surface area contributed by atoms with Crippen LogP contribution < -0.4 is 15.0 Å². The topological polar surface area (TPSA) is 50.3 Å². The molecule has 1 saturated carbocycles. The van der Waals surface area contributed by atoms with E-state index in [9.17, 15) is 0 Å². The van der Waals surface area contributed by atoms with Crippen molar-refractivity contribution in [2.45, 2.75) is 31.7 Å². The number of hydrogen-bond acceptors (Lipinski definition) is 6. The van der Waals surface area contributed by atoms with E-state index in [2.05, 4.69) is 21.7 Å². The average molecular weight is 354 g/mol. The number of hydrogen-bond donors (Lipinski definition) is 1. The molecule has 3 aromatic rings. The molecule has 0 amide bonds. The Bertz CT molecular complexity index is 855. The van der Waals surface area contributed by atoms with Gasteiger partial charge < -0.3 is 15.0 Å². The highest BCUT2D eigenvalue weighted by molar-refractivity contribution is 7.17. The first kappa shape index (κ1) is 16.1. The van der Waals surface area contributed by atoms with E-state index in [1.54, 1.807) is 18.4 Å². The molecule has 5 nitrogen and oxygen atoms in total. The molecule has 1 aliphatic rings. The third-order valence-corrected chi connectivity index (χ3v) is 5.65. The van der Waals surface area contributed by atoms with E-state index < -0.39 is 0 Å². The molecule has 130 valence electrons. The summed E-state index contributed by atoms with van der Waals surface area (Å²) < 4.78 is 6.36. The number of benzene rings is 1. The van der Waals surface area contributed by atoms with Crippen molar-refractivity contribution < 1.29 is 4.74 Å². The van der Waals surface area contributed by atoms with Crippen LogP contribution >= 0.6 is 11.3 Å². The average Bonchev–Trinajstić information content (AvgIpc) is 3.32. The molecule has 4 rings (SSSR count). The molecule has 1 aliphatic carbocycles. The Morgan fingerprint density at radius 2 is 1.88 bits per heavy atom. The van der Waals surface area contributed by atoms with E-state index in [4.69, 9.17) is 14.7 Å². The molecule has 0 unspecified atom stereocenters. The minimum absolute atomic E-state index is 0.496. The number of ether oxygens (including phenoxy) is 1. The Hall–Kier alpha value is -2.34. The number of rotatable bonds is 5. The maximum Gasteiger partial charge on any atom is 0.225 e. The zero-order valence-electron chi connectivity index (χ0n) is 14.5. The lowest BCUT2D eigenvalue weighted by Crippen LogP contribution is -2.18. The van der Waals surface area contributed by atoms with Crippen molar-refractivity contribution in [1.29, 1.82) is 0 Å². The summed E-state index contributed by atoms with van der Waals surface area (Å²) in [5, 5.41) is 5.60. The van der Waals surface area contributed by atoms with Gasteiger partial charge in [0.2, 0.25) is 5.95 Å². The molecular weight excluding hydrogens is 332 g/mol. The molecule has 1 N–H and O–H groups in total. The number of nitrogens with one attached hydrogen (secondary N) is 1. The van der Waals surface area contributed by atoms with Gasteiger partial charge in [-0.05, 0) is 48.6 Å². The molecule has 0 radical (unpaired) electrons. The van der Waals surface area contributed by atoms with E-state index in [0.717, 1.165) is 33.4 Å². The lowest BCUT2D eigenvalue weighted by atomic mass is 10.2. The molecule has 6 heteroatoms. The lowest BCUT2D eigenvalue weighted by molar-refractivity contribution is 0.415. The third kappa shape index (κ3) is 3.26. The number of fused-ring (bicyclic) bond motifs is 1. The summed E-state index contributed by atoms with van der Waals surface area (Å²) in [6.07, 6.45) is 4.98. The first-order valence-electron chi connectivity index (χ1n) is 8.64. The largest absolute Gasteiger partial charge is 0.497 e. The summed E-state index contributed by atoms with van der Waals surface area (Å²) in [4.78, 5) is 11.7. The number of nitrogens with zero attached hydrogens (tertiary/aromatic N) is 3. The number of thiophene rings is 1. The van der Waals surface area contributed by atoms with Gasteiger partial charge in [0.1, 0.15) is 5.75 Å². The van der Waals surface area contributed by atoms with E-state index in [1.807, 2.05) is 31.3 Å². The van der Waals surface area contributed by atoms with Gasteiger partial charge in [0, 0.05) is 18.8 Å². The van der Waals surface area contributed by atoms with Gasteiger partial charge in [0.15, 0.2) is 5.82 Å². The van der Waals surface area contributed by atoms with Crippen molar-refractivity contribution in [3.8, 4) is 5.75 Å². The molecule has 0 atom stereocenters. The van der Waals surface area contributed by atoms with Gasteiger partial charge in [-0.25, -0.2) is 4.98 Å². The van der Waals surface area contributed by atoms with Crippen LogP contribution in [-0.4, -0.2) is 30.2 Å². The molecular formula is C19H22N4OS. The normalized spacial score (nSPS) is 14.8. The van der Waals surface area contributed by atoms with Gasteiger partial charge in [0.05, 0.1) is 17.3 Å². The van der Waals surface area contributed by atoms with Gasteiger partial charge >= 0.3 is 0 Å². The zero-order chi connectivity index (χ0) is 17.2. The fourth-order valence-electron chi connectivity index (χ4n) is 3.32. The molecule has 0 saturated heterocycles. The summed E-state index contributed by atoms with van der Waals surface area (Å²) in [6.45, 7) is 0. The summed E-state index contributed by atoms with van der Waals surface area (Å²) in [5.41, 5.74) is 2.07. The van der Waals surface area contributed by atoms with E-state index in [-0.39, 0.29) is 0 Å². The minimum atomic E-state index is 0.496. The Morgan fingerprint density at radius 1 is 1.12 bits per heavy atom. The van der Waals surface area contributed by atoms with E-state index in [1.165, 1.54) is 25.7 Å². The van der Waals surface area contributed by atoms with Crippen molar-refractivity contribution in [3.63, 3.8) is 0 Å². The summed E-state index contributed by atoms with van der Waals surface area (Å²) in [7, 11) is 3.72. The minimum Gasteiger partial charge on any atom is -0.497 e. The van der Waals surface area contributed by atoms with E-state index >= 15 is 0 Å². The van der Waals surface area contributed by atoms with Crippen molar-refractivity contribution in [2.75, 3.05) is 24.4 Å². The highest BCUT2D eigenvalue weighted by atomic mass is 32.1. The molecule has 0 bridgehead atoms. The quantitative estimate of drug-likeness (QED) is 0.712. The van der Waals surface area contributed by atoms with Crippen LogP contribution in [0.2, 0.25) is 0 Å². The second-order valence-electron chi connectivity index (χ2n) is 6.39. The number of anilines is 3.